The Morgan fingerprint density at radius 2 is 0.700 bits per heavy atom. The van der Waals surface area contributed by atoms with Crippen LogP contribution < -0.4 is 0 Å². The van der Waals surface area contributed by atoms with Crippen molar-refractivity contribution < 1.29 is 17.1 Å². The van der Waals surface area contributed by atoms with E-state index >= 15 is 0 Å². The molecule has 0 aliphatic rings. The zero-order chi connectivity index (χ0) is 8.12. The van der Waals surface area contributed by atoms with E-state index in [1.165, 1.54) is 0 Å². The fraction of sp³-hybridized carbons (Fsp3) is 0. The van der Waals surface area contributed by atoms with E-state index in [1.807, 2.05) is 14.1 Å². The van der Waals surface area contributed by atoms with Crippen LogP contribution in [0.4, 0.5) is 0 Å². The number of thiocarbonyl (C=S) groups is 3. The van der Waals surface area contributed by atoms with Crippen molar-refractivity contribution in [2.24, 2.45) is 0 Å². The van der Waals surface area contributed by atoms with Gasteiger partial charge in [-0.05, 0) is 0 Å². The van der Waals surface area contributed by atoms with Crippen LogP contribution in [0.5, 0.6) is 0 Å². The summed E-state index contributed by atoms with van der Waals surface area (Å²) in [7, 11) is 0. The SMILES string of the molecule is S=[C-]S.S=[C-]S.S=[C-]S.[Fe+3]. The molecule has 0 aliphatic heterocycles. The Morgan fingerprint density at radius 3 is 0.700 bits per heavy atom. The number of thiol groups is 3. The summed E-state index contributed by atoms with van der Waals surface area (Å²) in [6, 6.07) is 0. The van der Waals surface area contributed by atoms with E-state index in [4.69, 9.17) is 0 Å². The van der Waals surface area contributed by atoms with Gasteiger partial charge < -0.3 is 88.6 Å². The predicted octanol–water partition coefficient (Wildman–Crippen LogP) is 2.25. The third-order valence-corrected chi connectivity index (χ3v) is 0. The minimum absolute atomic E-state index is 0. The molecule has 0 N–H and O–H groups in total. The molecule has 0 bridgehead atoms. The van der Waals surface area contributed by atoms with Crippen LogP contribution >= 0.6 is 74.5 Å². The molecule has 0 rings (SSSR count). The zero-order valence-corrected chi connectivity index (χ0v) is 10.7. The van der Waals surface area contributed by atoms with Gasteiger partial charge >= 0.3 is 17.1 Å². The molecular weight excluding hydrogens is 284 g/mol. The molecule has 0 aromatic carbocycles. The van der Waals surface area contributed by atoms with Gasteiger partial charge in [0.25, 0.3) is 0 Å². The van der Waals surface area contributed by atoms with Gasteiger partial charge in [0.15, 0.2) is 0 Å². The van der Waals surface area contributed by atoms with Gasteiger partial charge in [0.1, 0.15) is 0 Å². The van der Waals surface area contributed by atoms with Crippen molar-refractivity contribution in [1.82, 2.24) is 0 Å². The molecule has 0 aliphatic carbocycles. The minimum Gasteiger partial charge on any atom is -0.364 e. The second kappa shape index (κ2) is 44.8. The molecule has 0 amide bonds. The summed E-state index contributed by atoms with van der Waals surface area (Å²) in [6.45, 7) is 0. The molecular formula is C3H3FeS6. The molecule has 1 radical (unpaired) electrons. The standard InChI is InChI=1S/3CHS2.Fe/c3*2-1-3;/h3*(H,2,3);/q3*-1;+3. The van der Waals surface area contributed by atoms with Crippen molar-refractivity contribution in [3.8, 4) is 0 Å². The third-order valence-electron chi connectivity index (χ3n) is 0. The maximum Gasteiger partial charge on any atom is 3.00 e. The minimum atomic E-state index is 0. The van der Waals surface area contributed by atoms with Gasteiger partial charge in [-0.1, -0.05) is 0 Å². The molecule has 0 heterocycles. The molecule has 0 nitrogen and oxygen atoms in total. The first-order valence-electron chi connectivity index (χ1n) is 1.28. The molecule has 0 saturated heterocycles. The van der Waals surface area contributed by atoms with Crippen LogP contribution in [-0.2, 0) is 17.1 Å². The van der Waals surface area contributed by atoms with Crippen LogP contribution in [0.15, 0.2) is 0 Å². The van der Waals surface area contributed by atoms with Crippen molar-refractivity contribution in [3.63, 3.8) is 0 Å². The normalized spacial score (nSPS) is 3.90. The summed E-state index contributed by atoms with van der Waals surface area (Å²) in [5.74, 6) is 0. The molecule has 0 aromatic rings. The van der Waals surface area contributed by atoms with E-state index in [0.717, 1.165) is 0 Å². The first-order valence-corrected chi connectivity index (χ1v) is 3.85. The van der Waals surface area contributed by atoms with Gasteiger partial charge in [-0.25, -0.2) is 0 Å². The van der Waals surface area contributed by atoms with Gasteiger partial charge in [0.2, 0.25) is 0 Å². The van der Waals surface area contributed by atoms with Crippen LogP contribution in [0, 0.1) is 0 Å². The Morgan fingerprint density at radius 1 is 0.700 bits per heavy atom. The van der Waals surface area contributed by atoms with Crippen molar-refractivity contribution in [1.29, 1.82) is 0 Å². The van der Waals surface area contributed by atoms with Crippen LogP contribution in [0.2, 0.25) is 0 Å². The number of hydrogen-bond donors (Lipinski definition) is 3. The molecule has 10 heavy (non-hydrogen) atoms. The fourth-order valence-electron chi connectivity index (χ4n) is 0. The van der Waals surface area contributed by atoms with Crippen molar-refractivity contribution >= 4 is 88.6 Å². The first kappa shape index (κ1) is 22.6. The summed E-state index contributed by atoms with van der Waals surface area (Å²) in [4.78, 5) is 0. The van der Waals surface area contributed by atoms with E-state index < -0.39 is 0 Å². The summed E-state index contributed by atoms with van der Waals surface area (Å²) < 4.78 is 6.08. The van der Waals surface area contributed by atoms with E-state index in [-0.39, 0.29) is 17.1 Å². The van der Waals surface area contributed by atoms with Crippen LogP contribution in [0.1, 0.15) is 0 Å². The average Bonchev–Trinajstić information content (AvgIpc) is 1.70. The Labute approximate surface area is 105 Å². The van der Waals surface area contributed by atoms with E-state index in [0.29, 0.717) is 0 Å². The smallest absolute Gasteiger partial charge is 0.364 e. The predicted molar refractivity (Wildman–Crippen MR) is 64.8 cm³/mol. The summed E-state index contributed by atoms with van der Waals surface area (Å²) in [5.41, 5.74) is 0. The Bertz CT molecular complexity index is 49.7. The third kappa shape index (κ3) is 227. The van der Waals surface area contributed by atoms with Crippen molar-refractivity contribution in [2.75, 3.05) is 0 Å². The van der Waals surface area contributed by atoms with Gasteiger partial charge in [0.05, 0.1) is 0 Å². The monoisotopic (exact) mass is 287 g/mol. The van der Waals surface area contributed by atoms with E-state index in [1.54, 1.807) is 0 Å². The van der Waals surface area contributed by atoms with Crippen molar-refractivity contribution in [3.05, 3.63) is 0 Å². The topological polar surface area (TPSA) is 0 Å². The average molecular weight is 287 g/mol. The maximum absolute atomic E-state index is 4.01. The summed E-state index contributed by atoms with van der Waals surface area (Å²) in [5, 5.41) is 0. The molecule has 7 heteroatoms. The zero-order valence-electron chi connectivity index (χ0n) is 4.42. The fourth-order valence-corrected chi connectivity index (χ4v) is 0. The summed E-state index contributed by atoms with van der Waals surface area (Å²) in [6.07, 6.45) is 0. The first-order chi connectivity index (χ1) is 4.24. The second-order valence-corrected chi connectivity index (χ2v) is 2.46. The van der Waals surface area contributed by atoms with Crippen LogP contribution in [0.3, 0.4) is 0 Å². The molecule has 0 unspecified atom stereocenters. The Balaban J connectivity index is -0.0000000257. The Hall–Kier alpha value is 1.84. The number of rotatable bonds is 0. The van der Waals surface area contributed by atoms with Gasteiger partial charge in [-0.3, -0.25) is 0 Å². The van der Waals surface area contributed by atoms with Crippen LogP contribution in [0.25, 0.3) is 0 Å². The molecule has 0 atom stereocenters. The molecule has 0 aromatic heterocycles. The maximum atomic E-state index is 4.01. The number of hydrogen-bond acceptors (Lipinski definition) is 3. The van der Waals surface area contributed by atoms with Gasteiger partial charge in [0, 0.05) is 0 Å². The Kier molecular flexibility index (Phi) is 101. The van der Waals surface area contributed by atoms with Crippen molar-refractivity contribution in [2.45, 2.75) is 0 Å². The van der Waals surface area contributed by atoms with E-state index in [9.17, 15) is 0 Å². The van der Waals surface area contributed by atoms with Crippen LogP contribution in [-0.4, -0.2) is 14.1 Å². The quantitative estimate of drug-likeness (QED) is 0.271. The van der Waals surface area contributed by atoms with E-state index in [2.05, 4.69) is 74.5 Å². The second-order valence-electron chi connectivity index (χ2n) is 0.274. The molecule has 0 saturated carbocycles. The molecule has 0 fully saturated rings. The van der Waals surface area contributed by atoms with Gasteiger partial charge in [-0.2, -0.15) is 0 Å². The van der Waals surface area contributed by atoms with Gasteiger partial charge in [-0.15, -0.1) is 0 Å². The molecule has 0 spiro atoms. The molecule has 59 valence electrons. The summed E-state index contributed by atoms with van der Waals surface area (Å²) >= 11 is 22.1. The largest absolute Gasteiger partial charge is 3.00 e.